The van der Waals surface area contributed by atoms with E-state index in [0.717, 1.165) is 5.56 Å². The summed E-state index contributed by atoms with van der Waals surface area (Å²) >= 11 is 0. The van der Waals surface area contributed by atoms with Gasteiger partial charge in [0, 0.05) is 6.54 Å². The second kappa shape index (κ2) is 24.8. The summed E-state index contributed by atoms with van der Waals surface area (Å²) in [5.74, 6) is 0. The summed E-state index contributed by atoms with van der Waals surface area (Å²) in [6.07, 6.45) is -0.464. The third kappa shape index (κ3) is 22.0. The number of amides is 1. The molecule has 1 amide bonds. The second-order valence-electron chi connectivity index (χ2n) is 10.9. The van der Waals surface area contributed by atoms with Gasteiger partial charge in [-0.1, -0.05) is 51.1 Å². The highest BCUT2D eigenvalue weighted by atomic mass is 28.4. The molecular formula is C30H55NO10Si. The molecule has 244 valence electrons. The van der Waals surface area contributed by atoms with Gasteiger partial charge in [0.05, 0.1) is 99.1 Å². The van der Waals surface area contributed by atoms with Gasteiger partial charge in [-0.2, -0.15) is 0 Å². The van der Waals surface area contributed by atoms with Gasteiger partial charge in [-0.05, 0) is 23.7 Å². The van der Waals surface area contributed by atoms with Gasteiger partial charge in [0.1, 0.15) is 6.61 Å². The van der Waals surface area contributed by atoms with E-state index in [2.05, 4.69) is 39.2 Å². The third-order valence-electron chi connectivity index (χ3n) is 6.46. The molecule has 0 saturated heterocycles. The normalized spacial score (nSPS) is 12.0. The molecule has 0 spiro atoms. The molecule has 1 N–H and O–H groups in total. The van der Waals surface area contributed by atoms with Crippen LogP contribution in [0.25, 0.3) is 0 Å². The van der Waals surface area contributed by atoms with Crippen molar-refractivity contribution in [2.24, 2.45) is 0 Å². The molecule has 1 aromatic rings. The Kier molecular flexibility index (Phi) is 22.7. The highest BCUT2D eigenvalue weighted by Crippen LogP contribution is 2.36. The van der Waals surface area contributed by atoms with E-state index in [0.29, 0.717) is 106 Å². The Balaban J connectivity index is 1.70. The fraction of sp³-hybridized carbons (Fsp3) is 0.767. The predicted molar refractivity (Wildman–Crippen MR) is 164 cm³/mol. The van der Waals surface area contributed by atoms with E-state index in [1.165, 1.54) is 0 Å². The number of hydrogen-bond acceptors (Lipinski definition) is 10. The zero-order valence-corrected chi connectivity index (χ0v) is 27.5. The van der Waals surface area contributed by atoms with Gasteiger partial charge in [-0.3, -0.25) is 0 Å². The summed E-state index contributed by atoms with van der Waals surface area (Å²) in [6, 6.07) is 9.52. The molecule has 0 aliphatic heterocycles. The average Bonchev–Trinajstić information content (AvgIpc) is 2.96. The molecule has 12 heteroatoms. The van der Waals surface area contributed by atoms with Crippen molar-refractivity contribution in [3.63, 3.8) is 0 Å². The highest BCUT2D eigenvalue weighted by molar-refractivity contribution is 6.74. The first kappa shape index (κ1) is 38.4. The summed E-state index contributed by atoms with van der Waals surface area (Å²) < 4.78 is 49.6. The fourth-order valence-electron chi connectivity index (χ4n) is 2.99. The van der Waals surface area contributed by atoms with Crippen LogP contribution in [0, 0.1) is 0 Å². The molecule has 0 aliphatic carbocycles. The number of rotatable bonds is 27. The van der Waals surface area contributed by atoms with Crippen molar-refractivity contribution in [3.05, 3.63) is 35.9 Å². The Bertz CT molecular complexity index is 764. The van der Waals surface area contributed by atoms with E-state index >= 15 is 0 Å². The number of alkyl carbamates (subject to hydrolysis) is 1. The van der Waals surface area contributed by atoms with Crippen LogP contribution in [-0.2, 0) is 48.9 Å². The lowest BCUT2D eigenvalue weighted by atomic mass is 10.2. The summed E-state index contributed by atoms with van der Waals surface area (Å²) in [7, 11) is -1.70. The Morgan fingerprint density at radius 3 is 1.40 bits per heavy atom. The van der Waals surface area contributed by atoms with Crippen molar-refractivity contribution in [2.45, 2.75) is 45.5 Å². The molecule has 1 aromatic carbocycles. The maximum absolute atomic E-state index is 11.6. The largest absolute Gasteiger partial charge is 0.445 e. The summed E-state index contributed by atoms with van der Waals surface area (Å²) in [5.41, 5.74) is 0.942. The average molecular weight is 618 g/mol. The quantitative estimate of drug-likeness (QED) is 0.115. The highest BCUT2D eigenvalue weighted by Gasteiger charge is 2.36. The van der Waals surface area contributed by atoms with Gasteiger partial charge < -0.3 is 47.6 Å². The Labute approximate surface area is 253 Å². The van der Waals surface area contributed by atoms with Crippen LogP contribution in [0.1, 0.15) is 26.3 Å². The zero-order valence-electron chi connectivity index (χ0n) is 26.5. The molecule has 0 unspecified atom stereocenters. The van der Waals surface area contributed by atoms with Gasteiger partial charge in [0.15, 0.2) is 8.32 Å². The molecule has 11 nitrogen and oxygen atoms in total. The van der Waals surface area contributed by atoms with E-state index in [9.17, 15) is 4.79 Å². The summed E-state index contributed by atoms with van der Waals surface area (Å²) in [6.45, 7) is 19.4. The second-order valence-corrected chi connectivity index (χ2v) is 15.7. The first-order valence-corrected chi connectivity index (χ1v) is 17.8. The summed E-state index contributed by atoms with van der Waals surface area (Å²) in [5, 5.41) is 2.86. The van der Waals surface area contributed by atoms with Crippen molar-refractivity contribution in [1.29, 1.82) is 0 Å². The van der Waals surface area contributed by atoms with Crippen molar-refractivity contribution in [3.8, 4) is 0 Å². The van der Waals surface area contributed by atoms with E-state index < -0.39 is 14.4 Å². The molecule has 0 fully saturated rings. The molecular weight excluding hydrogens is 562 g/mol. The van der Waals surface area contributed by atoms with E-state index in [1.54, 1.807) is 0 Å². The van der Waals surface area contributed by atoms with Gasteiger partial charge >= 0.3 is 6.09 Å². The predicted octanol–water partition coefficient (Wildman–Crippen LogP) is 4.05. The van der Waals surface area contributed by atoms with Crippen LogP contribution in [0.3, 0.4) is 0 Å². The van der Waals surface area contributed by atoms with Crippen molar-refractivity contribution in [2.75, 3.05) is 106 Å². The molecule has 0 aromatic heterocycles. The fourth-order valence-corrected chi connectivity index (χ4v) is 4.02. The maximum Gasteiger partial charge on any atom is 0.407 e. The molecule has 42 heavy (non-hydrogen) atoms. The topological polar surface area (TPSA) is 112 Å². The van der Waals surface area contributed by atoms with Crippen molar-refractivity contribution < 1.29 is 47.1 Å². The van der Waals surface area contributed by atoms with Crippen LogP contribution < -0.4 is 5.32 Å². The Morgan fingerprint density at radius 2 is 1.00 bits per heavy atom. The molecule has 0 bridgehead atoms. The van der Waals surface area contributed by atoms with Gasteiger partial charge in [-0.25, -0.2) is 4.79 Å². The number of hydrogen-bond donors (Lipinski definition) is 1. The van der Waals surface area contributed by atoms with Crippen molar-refractivity contribution in [1.82, 2.24) is 5.32 Å². The smallest absolute Gasteiger partial charge is 0.407 e. The monoisotopic (exact) mass is 617 g/mol. The number of carbonyl (C=O) groups is 1. The van der Waals surface area contributed by atoms with Gasteiger partial charge in [-0.15, -0.1) is 0 Å². The van der Waals surface area contributed by atoms with Crippen LogP contribution in [0.5, 0.6) is 0 Å². The minimum absolute atomic E-state index is 0.215. The number of ether oxygens (including phenoxy) is 8. The molecule has 1 rings (SSSR count). The maximum atomic E-state index is 11.6. The number of carbonyl (C=O) groups excluding carboxylic acids is 1. The van der Waals surface area contributed by atoms with Crippen LogP contribution in [-0.4, -0.2) is 120 Å². The number of benzene rings is 1. The lowest BCUT2D eigenvalue weighted by Gasteiger charge is -2.36. The minimum atomic E-state index is -1.70. The Hall–Kier alpha value is -1.61. The van der Waals surface area contributed by atoms with E-state index in [1.807, 2.05) is 30.3 Å². The minimum Gasteiger partial charge on any atom is -0.445 e. The Morgan fingerprint density at radius 1 is 0.619 bits per heavy atom. The lowest BCUT2D eigenvalue weighted by Crippen LogP contribution is -2.41. The third-order valence-corrected chi connectivity index (χ3v) is 11.0. The van der Waals surface area contributed by atoms with E-state index in [4.69, 9.17) is 42.3 Å². The summed E-state index contributed by atoms with van der Waals surface area (Å²) in [4.78, 5) is 11.6. The first-order valence-electron chi connectivity index (χ1n) is 14.8. The van der Waals surface area contributed by atoms with Gasteiger partial charge in [0.25, 0.3) is 0 Å². The van der Waals surface area contributed by atoms with Crippen LogP contribution >= 0.6 is 0 Å². The van der Waals surface area contributed by atoms with E-state index in [-0.39, 0.29) is 11.6 Å². The van der Waals surface area contributed by atoms with Crippen molar-refractivity contribution >= 4 is 14.4 Å². The zero-order chi connectivity index (χ0) is 30.8. The molecule has 0 aliphatic rings. The lowest BCUT2D eigenvalue weighted by molar-refractivity contribution is -0.0212. The first-order chi connectivity index (χ1) is 20.2. The van der Waals surface area contributed by atoms with Crippen LogP contribution in [0.4, 0.5) is 4.79 Å². The molecule has 0 radical (unpaired) electrons. The molecule has 0 atom stereocenters. The molecule has 0 saturated carbocycles. The van der Waals surface area contributed by atoms with Gasteiger partial charge in [0.2, 0.25) is 0 Å². The van der Waals surface area contributed by atoms with Crippen LogP contribution in [0.2, 0.25) is 18.1 Å². The van der Waals surface area contributed by atoms with Crippen LogP contribution in [0.15, 0.2) is 30.3 Å². The molecule has 0 heterocycles. The standard InChI is InChI=1S/C30H55NO10Si/c1-30(2,3)42(4,5)41-26-25-39-24-23-38-22-21-37-20-19-36-18-17-35-16-15-34-14-13-33-12-11-31-29(32)40-27-28-9-7-6-8-10-28/h6-10H,11-27H2,1-5H3,(H,31,32). The number of nitrogens with one attached hydrogen (secondary N) is 1. The SMILES string of the molecule is CC(C)(C)[Si](C)(C)OCCOCCOCCOCCOCCOCCOCCOCCNC(=O)OCc1ccccc1.